The number of nitriles is 1. The molecule has 0 aliphatic rings. The van der Waals surface area contributed by atoms with E-state index >= 15 is 0 Å². The lowest BCUT2D eigenvalue weighted by Gasteiger charge is -2.19. The predicted molar refractivity (Wildman–Crippen MR) is 84.3 cm³/mol. The molecule has 2 aromatic rings. The van der Waals surface area contributed by atoms with E-state index in [2.05, 4.69) is 22.0 Å². The first kappa shape index (κ1) is 18.1. The molecule has 10 heteroatoms. The molecule has 0 aliphatic heterocycles. The summed E-state index contributed by atoms with van der Waals surface area (Å²) in [7, 11) is 0. The topological polar surface area (TPSA) is 66.5 Å². The summed E-state index contributed by atoms with van der Waals surface area (Å²) in [6.07, 6.45) is -2.12. The molecule has 2 rings (SSSR count). The second-order valence-corrected chi connectivity index (χ2v) is 5.24. The number of hydrogen-bond donors (Lipinski definition) is 1. The van der Waals surface area contributed by atoms with E-state index in [-0.39, 0.29) is 28.7 Å². The molecule has 1 N–H and O–H groups in total. The van der Waals surface area contributed by atoms with Gasteiger partial charge in [-0.15, -0.1) is 11.6 Å². The predicted octanol–water partition coefficient (Wildman–Crippen LogP) is 4.06. The highest BCUT2D eigenvalue weighted by atomic mass is 35.5. The zero-order valence-electron chi connectivity index (χ0n) is 12.0. The molecule has 126 valence electrons. The van der Waals surface area contributed by atoms with Gasteiger partial charge >= 0.3 is 6.18 Å². The third-order valence-corrected chi connectivity index (χ3v) is 3.66. The number of aromatic nitrogens is 3. The summed E-state index contributed by atoms with van der Waals surface area (Å²) in [6.45, 7) is 3.59. The second kappa shape index (κ2) is 7.11. The van der Waals surface area contributed by atoms with E-state index in [1.165, 1.54) is 23.1 Å². The van der Waals surface area contributed by atoms with Gasteiger partial charge < -0.3 is 5.32 Å². The van der Waals surface area contributed by atoms with Gasteiger partial charge in [-0.2, -0.15) is 23.5 Å². The smallest absolute Gasteiger partial charge is 0.349 e. The summed E-state index contributed by atoms with van der Waals surface area (Å²) in [5.74, 6) is 0.179. The van der Waals surface area contributed by atoms with Crippen LogP contribution in [0, 0.1) is 11.3 Å². The minimum absolute atomic E-state index is 0.0719. The highest BCUT2D eigenvalue weighted by molar-refractivity contribution is 6.27. The van der Waals surface area contributed by atoms with Crippen molar-refractivity contribution >= 4 is 34.6 Å². The molecule has 0 fully saturated rings. The second-order valence-electron chi connectivity index (χ2n) is 4.57. The van der Waals surface area contributed by atoms with Crippen molar-refractivity contribution in [1.29, 1.82) is 5.26 Å². The Labute approximate surface area is 145 Å². The van der Waals surface area contributed by atoms with Crippen LogP contribution in [-0.4, -0.2) is 20.3 Å². The van der Waals surface area contributed by atoms with Crippen LogP contribution in [0.25, 0.3) is 5.57 Å². The first-order chi connectivity index (χ1) is 11.3. The van der Waals surface area contributed by atoms with Gasteiger partial charge in [0, 0.05) is 11.8 Å². The number of nitrogens with one attached hydrogen (secondary N) is 1. The fourth-order valence-corrected chi connectivity index (χ4v) is 2.32. The van der Waals surface area contributed by atoms with Crippen molar-refractivity contribution in [1.82, 2.24) is 14.8 Å². The molecule has 0 saturated heterocycles. The SMILES string of the molecule is C=C(c1ncccc1C(F)(F)F)C(Cl)Nc1c(C#N)cnn1CCl. The van der Waals surface area contributed by atoms with Crippen LogP contribution in [0.3, 0.4) is 0 Å². The summed E-state index contributed by atoms with van der Waals surface area (Å²) in [4.78, 5) is 3.72. The number of alkyl halides is 5. The summed E-state index contributed by atoms with van der Waals surface area (Å²) >= 11 is 11.8. The van der Waals surface area contributed by atoms with Gasteiger partial charge in [0.15, 0.2) is 0 Å². The number of halogens is 5. The molecule has 2 heterocycles. The molecular formula is C14H10Cl2F3N5. The highest BCUT2D eigenvalue weighted by Gasteiger charge is 2.35. The van der Waals surface area contributed by atoms with Crippen molar-refractivity contribution in [3.63, 3.8) is 0 Å². The summed E-state index contributed by atoms with van der Waals surface area (Å²) < 4.78 is 40.4. The van der Waals surface area contributed by atoms with Gasteiger partial charge in [0.1, 0.15) is 29.0 Å². The van der Waals surface area contributed by atoms with E-state index in [1.807, 2.05) is 6.07 Å². The van der Waals surface area contributed by atoms with Gasteiger partial charge in [-0.1, -0.05) is 18.2 Å². The maximum Gasteiger partial charge on any atom is 0.418 e. The van der Waals surface area contributed by atoms with E-state index in [9.17, 15) is 13.2 Å². The average Bonchev–Trinajstić information content (AvgIpc) is 2.95. The Morgan fingerprint density at radius 1 is 1.50 bits per heavy atom. The highest BCUT2D eigenvalue weighted by Crippen LogP contribution is 2.35. The van der Waals surface area contributed by atoms with Crippen LogP contribution in [0.1, 0.15) is 16.8 Å². The van der Waals surface area contributed by atoms with Crippen molar-refractivity contribution in [3.05, 3.63) is 47.9 Å². The van der Waals surface area contributed by atoms with Crippen LogP contribution in [0.5, 0.6) is 0 Å². The van der Waals surface area contributed by atoms with Gasteiger partial charge in [-0.3, -0.25) is 4.98 Å². The van der Waals surface area contributed by atoms with E-state index in [4.69, 9.17) is 28.5 Å². The first-order valence-electron chi connectivity index (χ1n) is 6.43. The average molecular weight is 376 g/mol. The molecule has 0 saturated carbocycles. The van der Waals surface area contributed by atoms with Gasteiger partial charge in [-0.05, 0) is 12.1 Å². The molecule has 0 aliphatic carbocycles. The molecule has 5 nitrogen and oxygen atoms in total. The third kappa shape index (κ3) is 3.63. The lowest BCUT2D eigenvalue weighted by atomic mass is 10.1. The van der Waals surface area contributed by atoms with Gasteiger partial charge in [0.25, 0.3) is 0 Å². The number of anilines is 1. The fraction of sp³-hybridized carbons (Fsp3) is 0.214. The largest absolute Gasteiger partial charge is 0.418 e. The Morgan fingerprint density at radius 3 is 2.79 bits per heavy atom. The Hall–Kier alpha value is -2.24. The van der Waals surface area contributed by atoms with E-state index < -0.39 is 17.2 Å². The lowest BCUT2D eigenvalue weighted by molar-refractivity contribution is -0.138. The zero-order valence-corrected chi connectivity index (χ0v) is 13.5. The molecule has 1 atom stereocenters. The molecule has 0 amide bonds. The van der Waals surface area contributed by atoms with E-state index in [0.29, 0.717) is 0 Å². The summed E-state index contributed by atoms with van der Waals surface area (Å²) in [5.41, 5.74) is -2.45. The molecule has 2 aromatic heterocycles. The molecule has 24 heavy (non-hydrogen) atoms. The van der Waals surface area contributed by atoms with Crippen molar-refractivity contribution in [2.24, 2.45) is 0 Å². The van der Waals surface area contributed by atoms with E-state index in [0.717, 1.165) is 6.07 Å². The normalized spacial score (nSPS) is 12.5. The maximum atomic E-state index is 13.1. The maximum absolute atomic E-state index is 13.1. The number of nitrogens with zero attached hydrogens (tertiary/aromatic N) is 4. The minimum Gasteiger partial charge on any atom is -0.349 e. The number of rotatable bonds is 5. The van der Waals surface area contributed by atoms with Gasteiger partial charge in [0.2, 0.25) is 0 Å². The Bertz CT molecular complexity index is 794. The quantitative estimate of drug-likeness (QED) is 0.632. The lowest BCUT2D eigenvalue weighted by Crippen LogP contribution is -2.20. The third-order valence-electron chi connectivity index (χ3n) is 3.06. The van der Waals surface area contributed by atoms with E-state index in [1.54, 1.807) is 0 Å². The molecule has 0 spiro atoms. The van der Waals surface area contributed by atoms with Crippen molar-refractivity contribution in [2.45, 2.75) is 17.7 Å². The molecule has 1 unspecified atom stereocenters. The number of pyridine rings is 1. The van der Waals surface area contributed by atoms with Crippen molar-refractivity contribution in [3.8, 4) is 6.07 Å². The van der Waals surface area contributed by atoms with Crippen molar-refractivity contribution < 1.29 is 13.2 Å². The molecule has 0 radical (unpaired) electrons. The van der Waals surface area contributed by atoms with Crippen LogP contribution in [0.2, 0.25) is 0 Å². The van der Waals surface area contributed by atoms with Gasteiger partial charge in [-0.25, -0.2) is 4.68 Å². The Morgan fingerprint density at radius 2 is 2.21 bits per heavy atom. The zero-order chi connectivity index (χ0) is 17.9. The van der Waals surface area contributed by atoms with Crippen LogP contribution in [0.4, 0.5) is 19.0 Å². The first-order valence-corrected chi connectivity index (χ1v) is 7.40. The standard InChI is InChI=1S/C14H10Cl2F3N5/c1-8(11-10(14(17,18)19)3-2-4-21-11)12(16)23-13-9(5-20)6-22-24(13)7-15/h2-4,6,12,23H,1,7H2. The Kier molecular flexibility index (Phi) is 5.36. The van der Waals surface area contributed by atoms with Gasteiger partial charge in [0.05, 0.1) is 17.5 Å². The fourth-order valence-electron chi connectivity index (χ4n) is 1.93. The summed E-state index contributed by atoms with van der Waals surface area (Å²) in [5, 5.41) is 15.6. The summed E-state index contributed by atoms with van der Waals surface area (Å²) in [6, 6.07) is 3.87. The van der Waals surface area contributed by atoms with Crippen LogP contribution < -0.4 is 5.32 Å². The van der Waals surface area contributed by atoms with Crippen LogP contribution in [-0.2, 0) is 12.2 Å². The Balaban J connectivity index is 2.33. The molecule has 0 aromatic carbocycles. The van der Waals surface area contributed by atoms with Crippen LogP contribution >= 0.6 is 23.2 Å². The molecular weight excluding hydrogens is 366 g/mol. The minimum atomic E-state index is -4.60. The van der Waals surface area contributed by atoms with Crippen LogP contribution in [0.15, 0.2) is 31.1 Å². The van der Waals surface area contributed by atoms with Crippen molar-refractivity contribution in [2.75, 3.05) is 5.32 Å². The number of hydrogen-bond acceptors (Lipinski definition) is 4. The molecule has 0 bridgehead atoms. The monoisotopic (exact) mass is 375 g/mol.